The van der Waals surface area contributed by atoms with E-state index in [4.69, 9.17) is 4.74 Å². The van der Waals surface area contributed by atoms with E-state index >= 15 is 0 Å². The number of nitrogens with one attached hydrogen (secondary N) is 1. The fraction of sp³-hybridized carbons (Fsp3) is 0.438. The molecule has 2 amide bonds. The van der Waals surface area contributed by atoms with E-state index in [1.807, 2.05) is 6.07 Å². The lowest BCUT2D eigenvalue weighted by molar-refractivity contribution is -0.199. The lowest BCUT2D eigenvalue weighted by Crippen LogP contribution is -2.78. The maximum absolute atomic E-state index is 12.7. The number of carbonyl (C=O) groups is 3. The van der Waals surface area contributed by atoms with Crippen molar-refractivity contribution < 1.29 is 24.2 Å². The van der Waals surface area contributed by atoms with Crippen LogP contribution in [-0.2, 0) is 19.1 Å². The van der Waals surface area contributed by atoms with Gasteiger partial charge in [0, 0.05) is 4.75 Å². The molecule has 1 aromatic rings. The maximum atomic E-state index is 12.7. The Kier molecular flexibility index (Phi) is 3.05. The van der Waals surface area contributed by atoms with Gasteiger partial charge in [-0.25, -0.2) is 4.79 Å². The third-order valence-corrected chi connectivity index (χ3v) is 6.30. The van der Waals surface area contributed by atoms with E-state index in [-0.39, 0.29) is 5.91 Å². The van der Waals surface area contributed by atoms with Crippen LogP contribution in [0.5, 0.6) is 0 Å². The Morgan fingerprint density at radius 1 is 1.29 bits per heavy atom. The van der Waals surface area contributed by atoms with Crippen molar-refractivity contribution in [1.29, 1.82) is 0 Å². The van der Waals surface area contributed by atoms with Gasteiger partial charge in [0.15, 0.2) is 6.10 Å². The Bertz CT molecular complexity index is 752. The van der Waals surface area contributed by atoms with Crippen LogP contribution >= 0.6 is 11.8 Å². The Hall–Kier alpha value is -2.06. The summed E-state index contributed by atoms with van der Waals surface area (Å²) in [7, 11) is 0. The zero-order valence-electron chi connectivity index (χ0n) is 13.1. The number of carbonyl (C=O) groups excluding carboxylic acids is 2. The molecule has 1 spiro atoms. The van der Waals surface area contributed by atoms with Gasteiger partial charge < -0.3 is 20.1 Å². The summed E-state index contributed by atoms with van der Waals surface area (Å²) >= 11 is 1.34. The maximum Gasteiger partial charge on any atom is 0.327 e. The number of thioether (sulfide) groups is 1. The van der Waals surface area contributed by atoms with Crippen LogP contribution in [0.1, 0.15) is 25.5 Å². The highest BCUT2D eigenvalue weighted by Gasteiger charge is 2.76. The molecule has 0 radical (unpaired) electrons. The zero-order chi connectivity index (χ0) is 17.3. The first-order chi connectivity index (χ1) is 11.3. The molecule has 4 rings (SSSR count). The molecule has 126 valence electrons. The number of β-lactam (4-membered cyclic amide) rings is 1. The number of rotatable bonds is 2. The number of carboxylic acids is 1. The second-order valence-electron chi connectivity index (χ2n) is 6.66. The van der Waals surface area contributed by atoms with Crippen LogP contribution in [0.25, 0.3) is 0 Å². The summed E-state index contributed by atoms with van der Waals surface area (Å²) in [5, 5.41) is 11.6. The SMILES string of the molecule is CC1(C)SC2N(C(=O)C23NC(=O)C(c2ccccc2)O3)C1C(=O)O. The summed E-state index contributed by atoms with van der Waals surface area (Å²) < 4.78 is 5.19. The first-order valence-electron chi connectivity index (χ1n) is 7.56. The number of hydrogen-bond donors (Lipinski definition) is 2. The normalized spacial score (nSPS) is 36.4. The molecule has 3 saturated heterocycles. The van der Waals surface area contributed by atoms with Crippen LogP contribution in [0, 0.1) is 0 Å². The van der Waals surface area contributed by atoms with E-state index in [2.05, 4.69) is 5.32 Å². The average Bonchev–Trinajstić information content (AvgIpc) is 3.03. The molecular weight excluding hydrogens is 332 g/mol. The predicted molar refractivity (Wildman–Crippen MR) is 84.9 cm³/mol. The van der Waals surface area contributed by atoms with Crippen LogP contribution in [0.15, 0.2) is 30.3 Å². The van der Waals surface area contributed by atoms with Crippen molar-refractivity contribution in [3.05, 3.63) is 35.9 Å². The predicted octanol–water partition coefficient (Wildman–Crippen LogP) is 0.717. The highest BCUT2D eigenvalue weighted by atomic mass is 32.2. The summed E-state index contributed by atoms with van der Waals surface area (Å²) in [6, 6.07) is 7.99. The van der Waals surface area contributed by atoms with Gasteiger partial charge in [-0.3, -0.25) is 9.59 Å². The lowest BCUT2D eigenvalue weighted by atomic mass is 9.94. The number of fused-ring (bicyclic) bond motifs is 2. The zero-order valence-corrected chi connectivity index (χ0v) is 13.9. The van der Waals surface area contributed by atoms with E-state index in [1.54, 1.807) is 38.1 Å². The molecule has 3 fully saturated rings. The van der Waals surface area contributed by atoms with Crippen molar-refractivity contribution in [2.75, 3.05) is 0 Å². The fourth-order valence-corrected chi connectivity index (χ4v) is 5.25. The molecule has 0 aliphatic carbocycles. The molecule has 3 aliphatic rings. The molecule has 3 heterocycles. The topological polar surface area (TPSA) is 95.9 Å². The largest absolute Gasteiger partial charge is 0.480 e. The Morgan fingerprint density at radius 2 is 1.96 bits per heavy atom. The van der Waals surface area contributed by atoms with E-state index in [0.29, 0.717) is 5.56 Å². The van der Waals surface area contributed by atoms with Crippen molar-refractivity contribution in [2.24, 2.45) is 0 Å². The molecule has 4 atom stereocenters. The highest BCUT2D eigenvalue weighted by molar-refractivity contribution is 8.01. The van der Waals surface area contributed by atoms with Crippen molar-refractivity contribution >= 4 is 29.5 Å². The van der Waals surface area contributed by atoms with Crippen LogP contribution in [0.2, 0.25) is 0 Å². The third kappa shape index (κ3) is 1.81. The van der Waals surface area contributed by atoms with Gasteiger partial charge in [-0.2, -0.15) is 0 Å². The molecular formula is C16H16N2O5S. The minimum absolute atomic E-state index is 0.383. The summed E-state index contributed by atoms with van der Waals surface area (Å²) in [6.45, 7) is 3.56. The summed E-state index contributed by atoms with van der Waals surface area (Å²) in [5.74, 6) is -1.93. The van der Waals surface area contributed by atoms with Crippen molar-refractivity contribution in [2.45, 2.75) is 41.8 Å². The molecule has 0 bridgehead atoms. The number of amides is 2. The second-order valence-corrected chi connectivity index (χ2v) is 8.39. The third-order valence-electron chi connectivity index (χ3n) is 4.69. The van der Waals surface area contributed by atoms with E-state index in [9.17, 15) is 19.5 Å². The number of carboxylic acid groups (broad SMARTS) is 1. The molecule has 7 nitrogen and oxygen atoms in total. The van der Waals surface area contributed by atoms with Gasteiger partial charge in [-0.05, 0) is 19.4 Å². The van der Waals surface area contributed by atoms with Gasteiger partial charge in [-0.1, -0.05) is 30.3 Å². The average molecular weight is 348 g/mol. The Labute approximate surface area is 142 Å². The fourth-order valence-electron chi connectivity index (χ4n) is 3.62. The molecule has 1 aromatic carbocycles. The Balaban J connectivity index is 1.66. The second kappa shape index (κ2) is 4.73. The van der Waals surface area contributed by atoms with E-state index < -0.39 is 39.9 Å². The summed E-state index contributed by atoms with van der Waals surface area (Å²) in [6.07, 6.45) is -0.870. The van der Waals surface area contributed by atoms with Gasteiger partial charge in [-0.15, -0.1) is 11.8 Å². The summed E-state index contributed by atoms with van der Waals surface area (Å²) in [5.41, 5.74) is -0.806. The number of hydrogen-bond acceptors (Lipinski definition) is 5. The number of benzene rings is 1. The standard InChI is InChI=1S/C16H16N2O5S/c1-15(2)10(12(20)21)18-13(22)16(14(18)24-15)17-11(19)9(23-16)8-6-4-3-5-7-8/h3-7,9-10,14H,1-2H3,(H,17,19)(H,20,21). The molecule has 24 heavy (non-hydrogen) atoms. The van der Waals surface area contributed by atoms with Gasteiger partial charge in [0.25, 0.3) is 17.5 Å². The van der Waals surface area contributed by atoms with Crippen LogP contribution in [0.4, 0.5) is 0 Å². The summed E-state index contributed by atoms with van der Waals surface area (Å²) in [4.78, 5) is 37.9. The van der Waals surface area contributed by atoms with Crippen molar-refractivity contribution in [3.63, 3.8) is 0 Å². The molecule has 0 aromatic heterocycles. The minimum atomic E-state index is -1.47. The first kappa shape index (κ1) is 15.5. The minimum Gasteiger partial charge on any atom is -0.480 e. The van der Waals surface area contributed by atoms with E-state index in [1.165, 1.54) is 16.7 Å². The van der Waals surface area contributed by atoms with Gasteiger partial charge >= 0.3 is 5.97 Å². The molecule has 2 N–H and O–H groups in total. The highest BCUT2D eigenvalue weighted by Crippen LogP contribution is 2.57. The van der Waals surface area contributed by atoms with Gasteiger partial charge in [0.05, 0.1) is 0 Å². The van der Waals surface area contributed by atoms with Crippen molar-refractivity contribution in [3.8, 4) is 0 Å². The quantitative estimate of drug-likeness (QED) is 0.765. The smallest absolute Gasteiger partial charge is 0.327 e. The van der Waals surface area contributed by atoms with Crippen LogP contribution < -0.4 is 5.32 Å². The van der Waals surface area contributed by atoms with Crippen LogP contribution in [0.3, 0.4) is 0 Å². The van der Waals surface area contributed by atoms with Gasteiger partial charge in [0.1, 0.15) is 11.4 Å². The molecule has 3 aliphatic heterocycles. The molecule has 4 unspecified atom stereocenters. The number of aliphatic carboxylic acids is 1. The number of ether oxygens (including phenoxy) is 1. The molecule has 8 heteroatoms. The monoisotopic (exact) mass is 348 g/mol. The van der Waals surface area contributed by atoms with Crippen LogP contribution in [-0.4, -0.2) is 49.7 Å². The first-order valence-corrected chi connectivity index (χ1v) is 8.44. The van der Waals surface area contributed by atoms with Gasteiger partial charge in [0.2, 0.25) is 0 Å². The molecule has 0 saturated carbocycles. The Morgan fingerprint density at radius 3 is 2.58 bits per heavy atom. The van der Waals surface area contributed by atoms with Crippen molar-refractivity contribution in [1.82, 2.24) is 10.2 Å². The lowest BCUT2D eigenvalue weighted by Gasteiger charge is -2.49. The van der Waals surface area contributed by atoms with E-state index in [0.717, 1.165) is 0 Å². The number of nitrogens with zero attached hydrogens (tertiary/aromatic N) is 1.